The SMILES string of the molecule is Cn1nccc1CCC(O)c1csc2ccccc12. The molecule has 0 saturated heterocycles. The van der Waals surface area contributed by atoms with Gasteiger partial charge in [0.25, 0.3) is 0 Å². The van der Waals surface area contributed by atoms with E-state index in [0.717, 1.165) is 24.1 Å². The second-order valence-corrected chi connectivity index (χ2v) is 5.60. The van der Waals surface area contributed by atoms with Gasteiger partial charge >= 0.3 is 0 Å². The number of aliphatic hydroxyl groups excluding tert-OH is 1. The van der Waals surface area contributed by atoms with E-state index in [1.54, 1.807) is 17.5 Å². The van der Waals surface area contributed by atoms with E-state index in [1.165, 1.54) is 10.1 Å². The van der Waals surface area contributed by atoms with Crippen molar-refractivity contribution in [1.82, 2.24) is 9.78 Å². The first-order valence-electron chi connectivity index (χ1n) is 6.37. The quantitative estimate of drug-likeness (QED) is 0.791. The minimum Gasteiger partial charge on any atom is -0.388 e. The molecule has 2 heterocycles. The summed E-state index contributed by atoms with van der Waals surface area (Å²) in [5.41, 5.74) is 2.20. The standard InChI is InChI=1S/C15H16N2OS/c1-17-11(8-9-16-17)6-7-14(18)13-10-19-15-5-3-2-4-12(13)15/h2-5,8-10,14,18H,6-7H2,1H3. The Morgan fingerprint density at radius 2 is 2.16 bits per heavy atom. The third-order valence-electron chi connectivity index (χ3n) is 3.47. The summed E-state index contributed by atoms with van der Waals surface area (Å²) in [5, 5.41) is 17.8. The van der Waals surface area contributed by atoms with E-state index in [0.29, 0.717) is 0 Å². The van der Waals surface area contributed by atoms with Crippen LogP contribution in [0.2, 0.25) is 0 Å². The molecule has 98 valence electrons. The third kappa shape index (κ3) is 2.41. The van der Waals surface area contributed by atoms with E-state index >= 15 is 0 Å². The molecular formula is C15H16N2OS. The van der Waals surface area contributed by atoms with Crippen molar-refractivity contribution in [2.75, 3.05) is 0 Å². The first kappa shape index (κ1) is 12.4. The zero-order valence-corrected chi connectivity index (χ0v) is 11.6. The fraction of sp³-hybridized carbons (Fsp3) is 0.267. The number of rotatable bonds is 4. The highest BCUT2D eigenvalue weighted by Crippen LogP contribution is 2.32. The molecule has 19 heavy (non-hydrogen) atoms. The number of benzene rings is 1. The lowest BCUT2D eigenvalue weighted by Gasteiger charge is -2.10. The van der Waals surface area contributed by atoms with Gasteiger partial charge < -0.3 is 5.11 Å². The number of thiophene rings is 1. The highest BCUT2D eigenvalue weighted by atomic mass is 32.1. The summed E-state index contributed by atoms with van der Waals surface area (Å²) in [4.78, 5) is 0. The van der Waals surface area contributed by atoms with Crippen molar-refractivity contribution in [2.24, 2.45) is 7.05 Å². The Balaban J connectivity index is 1.77. The van der Waals surface area contributed by atoms with Crippen molar-refractivity contribution < 1.29 is 5.11 Å². The summed E-state index contributed by atoms with van der Waals surface area (Å²) >= 11 is 1.69. The molecule has 0 aliphatic rings. The van der Waals surface area contributed by atoms with Gasteiger partial charge in [0.2, 0.25) is 0 Å². The second kappa shape index (κ2) is 5.15. The first-order chi connectivity index (χ1) is 9.25. The Bertz CT molecular complexity index is 686. The van der Waals surface area contributed by atoms with Crippen LogP contribution in [0.4, 0.5) is 0 Å². The minimum absolute atomic E-state index is 0.411. The van der Waals surface area contributed by atoms with Crippen molar-refractivity contribution in [2.45, 2.75) is 18.9 Å². The Labute approximate surface area is 116 Å². The molecule has 0 aliphatic heterocycles. The number of aliphatic hydroxyl groups is 1. The van der Waals surface area contributed by atoms with Crippen LogP contribution in [-0.2, 0) is 13.5 Å². The Kier molecular flexibility index (Phi) is 3.36. The van der Waals surface area contributed by atoms with E-state index < -0.39 is 6.10 Å². The van der Waals surface area contributed by atoms with Crippen LogP contribution < -0.4 is 0 Å². The van der Waals surface area contributed by atoms with Crippen molar-refractivity contribution in [3.05, 3.63) is 53.2 Å². The summed E-state index contributed by atoms with van der Waals surface area (Å²) in [6.45, 7) is 0. The molecule has 0 radical (unpaired) electrons. The molecule has 2 aromatic heterocycles. The van der Waals surface area contributed by atoms with Gasteiger partial charge in [0.15, 0.2) is 0 Å². The number of hydrogen-bond donors (Lipinski definition) is 1. The Hall–Kier alpha value is -1.65. The first-order valence-corrected chi connectivity index (χ1v) is 7.25. The van der Waals surface area contributed by atoms with Crippen LogP contribution in [0.1, 0.15) is 23.8 Å². The molecule has 1 N–H and O–H groups in total. The fourth-order valence-corrected chi connectivity index (χ4v) is 3.35. The summed E-state index contributed by atoms with van der Waals surface area (Å²) in [5.74, 6) is 0. The third-order valence-corrected chi connectivity index (χ3v) is 4.45. The molecule has 0 aliphatic carbocycles. The molecule has 4 heteroatoms. The summed E-state index contributed by atoms with van der Waals surface area (Å²) in [6, 6.07) is 10.2. The normalized spacial score (nSPS) is 12.9. The molecule has 1 atom stereocenters. The van der Waals surface area contributed by atoms with Gasteiger partial charge in [-0.05, 0) is 41.3 Å². The lowest BCUT2D eigenvalue weighted by Crippen LogP contribution is -2.03. The highest BCUT2D eigenvalue weighted by Gasteiger charge is 2.13. The number of aryl methyl sites for hydroxylation is 2. The number of fused-ring (bicyclic) bond motifs is 1. The topological polar surface area (TPSA) is 38.0 Å². The van der Waals surface area contributed by atoms with Gasteiger partial charge in [-0.25, -0.2) is 0 Å². The molecule has 3 aromatic rings. The van der Waals surface area contributed by atoms with E-state index in [4.69, 9.17) is 0 Å². The number of aromatic nitrogens is 2. The van der Waals surface area contributed by atoms with Gasteiger partial charge in [-0.2, -0.15) is 5.10 Å². The molecular weight excluding hydrogens is 256 g/mol. The fourth-order valence-electron chi connectivity index (χ4n) is 2.34. The van der Waals surface area contributed by atoms with Gasteiger partial charge in [0, 0.05) is 23.6 Å². The maximum atomic E-state index is 10.4. The van der Waals surface area contributed by atoms with E-state index in [2.05, 4.69) is 22.6 Å². The molecule has 0 fully saturated rings. The maximum Gasteiger partial charge on any atom is 0.0807 e. The minimum atomic E-state index is -0.411. The molecule has 3 rings (SSSR count). The van der Waals surface area contributed by atoms with Gasteiger partial charge in [0.1, 0.15) is 0 Å². The van der Waals surface area contributed by atoms with Gasteiger partial charge in [-0.3, -0.25) is 4.68 Å². The molecule has 1 aromatic carbocycles. The van der Waals surface area contributed by atoms with Crippen LogP contribution in [0, 0.1) is 0 Å². The van der Waals surface area contributed by atoms with Gasteiger partial charge in [0.05, 0.1) is 6.10 Å². The molecule has 0 spiro atoms. The van der Waals surface area contributed by atoms with Crippen LogP contribution in [0.5, 0.6) is 0 Å². The molecule has 1 unspecified atom stereocenters. The second-order valence-electron chi connectivity index (χ2n) is 4.69. The van der Waals surface area contributed by atoms with Crippen molar-refractivity contribution >= 4 is 21.4 Å². The molecule has 3 nitrogen and oxygen atoms in total. The number of nitrogens with zero attached hydrogens (tertiary/aromatic N) is 2. The van der Waals surface area contributed by atoms with Crippen LogP contribution in [0.25, 0.3) is 10.1 Å². The Morgan fingerprint density at radius 1 is 1.32 bits per heavy atom. The maximum absolute atomic E-state index is 10.4. The van der Waals surface area contributed by atoms with E-state index in [9.17, 15) is 5.11 Å². The largest absolute Gasteiger partial charge is 0.388 e. The summed E-state index contributed by atoms with van der Waals surface area (Å²) in [6.07, 6.45) is 2.94. The molecule has 0 saturated carbocycles. The van der Waals surface area contributed by atoms with Crippen molar-refractivity contribution in [3.63, 3.8) is 0 Å². The van der Waals surface area contributed by atoms with E-state index in [-0.39, 0.29) is 0 Å². The Morgan fingerprint density at radius 3 is 2.95 bits per heavy atom. The zero-order valence-electron chi connectivity index (χ0n) is 10.8. The summed E-state index contributed by atoms with van der Waals surface area (Å²) in [7, 11) is 1.93. The summed E-state index contributed by atoms with van der Waals surface area (Å²) < 4.78 is 3.09. The van der Waals surface area contributed by atoms with Crippen molar-refractivity contribution in [3.8, 4) is 0 Å². The smallest absolute Gasteiger partial charge is 0.0807 e. The number of hydrogen-bond acceptors (Lipinski definition) is 3. The molecule has 0 bridgehead atoms. The monoisotopic (exact) mass is 272 g/mol. The van der Waals surface area contributed by atoms with Crippen LogP contribution >= 0.6 is 11.3 Å². The lowest BCUT2D eigenvalue weighted by atomic mass is 10.0. The average molecular weight is 272 g/mol. The highest BCUT2D eigenvalue weighted by molar-refractivity contribution is 7.17. The molecule has 0 amide bonds. The average Bonchev–Trinajstić information content (AvgIpc) is 3.02. The van der Waals surface area contributed by atoms with Gasteiger partial charge in [-0.1, -0.05) is 18.2 Å². The lowest BCUT2D eigenvalue weighted by molar-refractivity contribution is 0.169. The van der Waals surface area contributed by atoms with Crippen molar-refractivity contribution in [1.29, 1.82) is 0 Å². The predicted molar refractivity (Wildman–Crippen MR) is 78.3 cm³/mol. The van der Waals surface area contributed by atoms with E-state index in [1.807, 2.05) is 29.9 Å². The van der Waals surface area contributed by atoms with Crippen LogP contribution in [-0.4, -0.2) is 14.9 Å². The van der Waals surface area contributed by atoms with Crippen LogP contribution in [0.15, 0.2) is 41.9 Å². The van der Waals surface area contributed by atoms with Crippen LogP contribution in [0.3, 0.4) is 0 Å². The predicted octanol–water partition coefficient (Wildman–Crippen LogP) is 3.30. The zero-order chi connectivity index (χ0) is 13.2. The van der Waals surface area contributed by atoms with Gasteiger partial charge in [-0.15, -0.1) is 11.3 Å².